The monoisotopic (exact) mass is 376 g/mol. The number of rotatable bonds is 5. The van der Waals surface area contributed by atoms with E-state index in [0.29, 0.717) is 50.4 Å². The van der Waals surface area contributed by atoms with Gasteiger partial charge in [-0.05, 0) is 18.2 Å². The molecule has 2 heterocycles. The molecule has 1 fully saturated rings. The lowest BCUT2D eigenvalue weighted by molar-refractivity contribution is -0.132. The van der Waals surface area contributed by atoms with E-state index in [1.54, 1.807) is 33.4 Å². The van der Waals surface area contributed by atoms with Gasteiger partial charge >= 0.3 is 0 Å². The predicted octanol–water partition coefficient (Wildman–Crippen LogP) is 1.31. The van der Waals surface area contributed by atoms with Crippen LogP contribution in [-0.2, 0) is 17.6 Å². The van der Waals surface area contributed by atoms with Crippen molar-refractivity contribution in [2.45, 2.75) is 12.8 Å². The van der Waals surface area contributed by atoms with Crippen LogP contribution in [0.5, 0.6) is 0 Å². The van der Waals surface area contributed by atoms with E-state index < -0.39 is 0 Å². The van der Waals surface area contributed by atoms with Gasteiger partial charge in [0, 0.05) is 38.0 Å². The summed E-state index contributed by atoms with van der Waals surface area (Å²) in [5.74, 6) is -0.613. The summed E-state index contributed by atoms with van der Waals surface area (Å²) in [6, 6.07) is 6.29. The third-order valence-electron chi connectivity index (χ3n) is 4.35. The molecule has 1 aromatic carbocycles. The Labute approximate surface area is 155 Å². The molecule has 138 valence electrons. The molecule has 0 saturated carbocycles. The van der Waals surface area contributed by atoms with E-state index in [4.69, 9.17) is 5.73 Å². The molecule has 6 nitrogen and oxygen atoms in total. The third-order valence-corrected chi connectivity index (χ3v) is 5.26. The van der Waals surface area contributed by atoms with Gasteiger partial charge in [0.25, 0.3) is 5.91 Å². The fourth-order valence-corrected chi connectivity index (χ4v) is 3.67. The van der Waals surface area contributed by atoms with E-state index in [0.717, 1.165) is 5.01 Å². The molecule has 0 radical (unpaired) electrons. The van der Waals surface area contributed by atoms with Gasteiger partial charge in [-0.15, -0.1) is 11.3 Å². The molecule has 2 N–H and O–H groups in total. The number of thiazole rings is 1. The van der Waals surface area contributed by atoms with Gasteiger partial charge in [-0.1, -0.05) is 18.2 Å². The number of carbonyl (C=O) groups excluding carboxylic acids is 2. The second-order valence-corrected chi connectivity index (χ2v) is 7.05. The summed E-state index contributed by atoms with van der Waals surface area (Å²) in [4.78, 5) is 32.6. The van der Waals surface area contributed by atoms with Crippen LogP contribution in [0.3, 0.4) is 0 Å². The highest BCUT2D eigenvalue weighted by Crippen LogP contribution is 2.15. The highest BCUT2D eigenvalue weighted by Gasteiger charge is 2.26. The molecule has 0 spiro atoms. The summed E-state index contributed by atoms with van der Waals surface area (Å²) in [5.41, 5.74) is 6.34. The van der Waals surface area contributed by atoms with Crippen LogP contribution in [0.15, 0.2) is 29.6 Å². The number of halogens is 1. The molecule has 0 atom stereocenters. The van der Waals surface area contributed by atoms with Crippen LogP contribution >= 0.6 is 11.3 Å². The Morgan fingerprint density at radius 1 is 1.15 bits per heavy atom. The Bertz CT molecular complexity index is 787. The molecule has 2 aromatic rings. The Kier molecular flexibility index (Phi) is 5.95. The van der Waals surface area contributed by atoms with E-state index >= 15 is 0 Å². The summed E-state index contributed by atoms with van der Waals surface area (Å²) in [6.07, 6.45) is 0.700. The van der Waals surface area contributed by atoms with Crippen LogP contribution in [0.2, 0.25) is 0 Å². The lowest BCUT2D eigenvalue weighted by Crippen LogP contribution is -2.51. The van der Waals surface area contributed by atoms with Gasteiger partial charge in [0.15, 0.2) is 0 Å². The summed E-state index contributed by atoms with van der Waals surface area (Å²) >= 11 is 1.44. The molecule has 1 aliphatic rings. The van der Waals surface area contributed by atoms with Crippen LogP contribution in [0.25, 0.3) is 0 Å². The summed E-state index contributed by atoms with van der Waals surface area (Å²) < 4.78 is 13.7. The van der Waals surface area contributed by atoms with E-state index in [1.165, 1.54) is 17.4 Å². The van der Waals surface area contributed by atoms with Crippen LogP contribution in [0.1, 0.15) is 21.1 Å². The van der Waals surface area contributed by atoms with Crippen LogP contribution < -0.4 is 5.73 Å². The van der Waals surface area contributed by atoms with Crippen LogP contribution in [0, 0.1) is 5.82 Å². The molecule has 1 saturated heterocycles. The molecular weight excluding hydrogens is 355 g/mol. The molecule has 2 amide bonds. The number of nitrogens with zero attached hydrogens (tertiary/aromatic N) is 3. The summed E-state index contributed by atoms with van der Waals surface area (Å²) in [6.45, 7) is 2.29. The first-order chi connectivity index (χ1) is 12.6. The smallest absolute Gasteiger partial charge is 0.273 e. The minimum Gasteiger partial charge on any atom is -0.339 e. The quantitative estimate of drug-likeness (QED) is 0.853. The maximum atomic E-state index is 13.7. The molecule has 0 aliphatic carbocycles. The average molecular weight is 376 g/mol. The van der Waals surface area contributed by atoms with Crippen molar-refractivity contribution < 1.29 is 14.0 Å². The zero-order valence-electron chi connectivity index (χ0n) is 14.4. The number of benzene rings is 1. The van der Waals surface area contributed by atoms with E-state index in [2.05, 4.69) is 4.98 Å². The van der Waals surface area contributed by atoms with Crippen LogP contribution in [-0.4, -0.2) is 59.3 Å². The Hall–Kier alpha value is -2.32. The van der Waals surface area contributed by atoms with Crippen LogP contribution in [0.4, 0.5) is 4.39 Å². The van der Waals surface area contributed by atoms with Crippen molar-refractivity contribution in [2.75, 3.05) is 32.7 Å². The molecule has 1 aromatic heterocycles. The molecule has 8 heteroatoms. The average Bonchev–Trinajstić information content (AvgIpc) is 3.12. The zero-order chi connectivity index (χ0) is 18.5. The lowest BCUT2D eigenvalue weighted by Gasteiger charge is -2.34. The van der Waals surface area contributed by atoms with Crippen molar-refractivity contribution in [1.29, 1.82) is 0 Å². The first-order valence-corrected chi connectivity index (χ1v) is 9.41. The van der Waals surface area contributed by atoms with Gasteiger partial charge in [0.05, 0.1) is 11.4 Å². The second kappa shape index (κ2) is 8.37. The van der Waals surface area contributed by atoms with E-state index in [-0.39, 0.29) is 24.1 Å². The second-order valence-electron chi connectivity index (χ2n) is 6.11. The Balaban J connectivity index is 1.54. The number of nitrogens with two attached hydrogens (primary N) is 1. The number of hydrogen-bond acceptors (Lipinski definition) is 5. The first-order valence-electron chi connectivity index (χ1n) is 8.53. The number of piperazine rings is 1. The van der Waals surface area contributed by atoms with Crippen molar-refractivity contribution in [3.05, 3.63) is 51.7 Å². The minimum absolute atomic E-state index is 0.0369. The SMILES string of the molecule is NCCc1nc(C(=O)N2CCN(C(=O)Cc3ccccc3F)CC2)cs1. The Morgan fingerprint density at radius 2 is 1.85 bits per heavy atom. The van der Waals surface area contributed by atoms with Crippen molar-refractivity contribution in [2.24, 2.45) is 5.73 Å². The van der Waals surface area contributed by atoms with Gasteiger partial charge in [-0.25, -0.2) is 9.37 Å². The van der Waals surface area contributed by atoms with Gasteiger partial charge in [-0.3, -0.25) is 9.59 Å². The normalized spacial score (nSPS) is 14.5. The highest BCUT2D eigenvalue weighted by atomic mass is 32.1. The molecular formula is C18H21FN4O2S. The molecule has 3 rings (SSSR count). The zero-order valence-corrected chi connectivity index (χ0v) is 15.2. The fraction of sp³-hybridized carbons (Fsp3) is 0.389. The topological polar surface area (TPSA) is 79.5 Å². The minimum atomic E-state index is -0.369. The maximum absolute atomic E-state index is 13.7. The summed E-state index contributed by atoms with van der Waals surface area (Å²) in [7, 11) is 0. The van der Waals surface area contributed by atoms with Gasteiger partial charge in [0.2, 0.25) is 5.91 Å². The predicted molar refractivity (Wildman–Crippen MR) is 97.5 cm³/mol. The summed E-state index contributed by atoms with van der Waals surface area (Å²) in [5, 5.41) is 2.61. The fourth-order valence-electron chi connectivity index (χ4n) is 2.88. The number of aromatic nitrogens is 1. The van der Waals surface area contributed by atoms with E-state index in [1.807, 2.05) is 0 Å². The lowest BCUT2D eigenvalue weighted by atomic mass is 10.1. The number of amides is 2. The molecule has 1 aliphatic heterocycles. The van der Waals surface area contributed by atoms with Crippen molar-refractivity contribution in [3.8, 4) is 0 Å². The maximum Gasteiger partial charge on any atom is 0.273 e. The van der Waals surface area contributed by atoms with Gasteiger partial charge < -0.3 is 15.5 Å². The molecule has 0 bridgehead atoms. The molecule has 0 unspecified atom stereocenters. The number of hydrogen-bond donors (Lipinski definition) is 1. The molecule has 26 heavy (non-hydrogen) atoms. The van der Waals surface area contributed by atoms with Gasteiger partial charge in [0.1, 0.15) is 11.5 Å². The standard InChI is InChI=1S/C18H21FN4O2S/c19-14-4-2-1-3-13(14)11-17(24)22-7-9-23(10-8-22)18(25)15-12-26-16(21-15)5-6-20/h1-4,12H,5-11,20H2. The highest BCUT2D eigenvalue weighted by molar-refractivity contribution is 7.09. The van der Waals surface area contributed by atoms with Crippen molar-refractivity contribution in [1.82, 2.24) is 14.8 Å². The number of carbonyl (C=O) groups is 2. The van der Waals surface area contributed by atoms with Crippen molar-refractivity contribution in [3.63, 3.8) is 0 Å². The van der Waals surface area contributed by atoms with Gasteiger partial charge in [-0.2, -0.15) is 0 Å². The first kappa shape index (κ1) is 18.5. The van der Waals surface area contributed by atoms with Crippen molar-refractivity contribution >= 4 is 23.2 Å². The third kappa shape index (κ3) is 4.25. The van der Waals surface area contributed by atoms with E-state index in [9.17, 15) is 14.0 Å². The largest absolute Gasteiger partial charge is 0.339 e. The Morgan fingerprint density at radius 3 is 2.54 bits per heavy atom.